The second-order valence-electron chi connectivity index (χ2n) is 5.97. The SMILES string of the molecule is Fc1cccnc1N1CC2CC1CN2c1nccn2cnnc12. The molecule has 2 aliphatic heterocycles. The third-order valence-corrected chi connectivity index (χ3v) is 4.72. The van der Waals surface area contributed by atoms with Crippen LogP contribution < -0.4 is 9.80 Å². The summed E-state index contributed by atoms with van der Waals surface area (Å²) in [4.78, 5) is 13.0. The Labute approximate surface area is 131 Å². The van der Waals surface area contributed by atoms with Gasteiger partial charge in [0.15, 0.2) is 17.5 Å². The molecule has 2 fully saturated rings. The Hall–Kier alpha value is -2.77. The van der Waals surface area contributed by atoms with Gasteiger partial charge in [-0.05, 0) is 18.6 Å². The van der Waals surface area contributed by atoms with E-state index in [9.17, 15) is 4.39 Å². The number of nitrogens with zero attached hydrogens (tertiary/aromatic N) is 7. The van der Waals surface area contributed by atoms with E-state index in [1.54, 1.807) is 24.8 Å². The fraction of sp³-hybridized carbons (Fsp3) is 0.333. The van der Waals surface area contributed by atoms with Crippen LogP contribution in [0, 0.1) is 5.82 Å². The molecule has 0 saturated carbocycles. The van der Waals surface area contributed by atoms with Crippen molar-refractivity contribution in [1.82, 2.24) is 24.6 Å². The molecular formula is C15H14FN7. The van der Waals surface area contributed by atoms with Crippen molar-refractivity contribution in [2.45, 2.75) is 18.5 Å². The zero-order valence-corrected chi connectivity index (χ0v) is 12.2. The zero-order valence-electron chi connectivity index (χ0n) is 12.2. The molecule has 0 radical (unpaired) electrons. The van der Waals surface area contributed by atoms with Gasteiger partial charge in [0.05, 0.1) is 12.1 Å². The monoisotopic (exact) mass is 311 g/mol. The van der Waals surface area contributed by atoms with Crippen molar-refractivity contribution in [3.05, 3.63) is 42.9 Å². The first-order valence-corrected chi connectivity index (χ1v) is 7.59. The van der Waals surface area contributed by atoms with Crippen molar-refractivity contribution in [2.75, 3.05) is 22.9 Å². The minimum Gasteiger partial charge on any atom is -0.347 e. The molecule has 2 atom stereocenters. The van der Waals surface area contributed by atoms with Crippen molar-refractivity contribution in [2.24, 2.45) is 0 Å². The summed E-state index contributed by atoms with van der Waals surface area (Å²) in [6, 6.07) is 3.62. The number of fused-ring (bicyclic) bond motifs is 3. The number of aromatic nitrogens is 5. The van der Waals surface area contributed by atoms with E-state index in [4.69, 9.17) is 0 Å². The largest absolute Gasteiger partial charge is 0.347 e. The molecule has 23 heavy (non-hydrogen) atoms. The van der Waals surface area contributed by atoms with E-state index in [0.717, 1.165) is 31.0 Å². The Kier molecular flexibility index (Phi) is 2.55. The van der Waals surface area contributed by atoms with Crippen molar-refractivity contribution in [3.63, 3.8) is 0 Å². The van der Waals surface area contributed by atoms with E-state index in [2.05, 4.69) is 30.0 Å². The lowest BCUT2D eigenvalue weighted by atomic mass is 10.2. The van der Waals surface area contributed by atoms with E-state index in [0.29, 0.717) is 5.82 Å². The smallest absolute Gasteiger partial charge is 0.203 e. The van der Waals surface area contributed by atoms with Gasteiger partial charge in [0.1, 0.15) is 6.33 Å². The van der Waals surface area contributed by atoms with Gasteiger partial charge in [-0.3, -0.25) is 4.40 Å². The lowest BCUT2D eigenvalue weighted by Gasteiger charge is -2.35. The third kappa shape index (κ3) is 1.81. The van der Waals surface area contributed by atoms with Crippen LogP contribution in [0.5, 0.6) is 0 Å². The lowest BCUT2D eigenvalue weighted by Crippen LogP contribution is -2.47. The van der Waals surface area contributed by atoms with E-state index in [1.165, 1.54) is 6.07 Å². The molecule has 5 heterocycles. The summed E-state index contributed by atoms with van der Waals surface area (Å²) < 4.78 is 15.9. The second-order valence-corrected chi connectivity index (χ2v) is 5.97. The van der Waals surface area contributed by atoms with Gasteiger partial charge in [-0.1, -0.05) is 0 Å². The molecule has 0 aromatic carbocycles. The second kappa shape index (κ2) is 4.61. The molecule has 2 bridgehead atoms. The first-order valence-electron chi connectivity index (χ1n) is 7.59. The van der Waals surface area contributed by atoms with Crippen LogP contribution in [-0.4, -0.2) is 49.7 Å². The Morgan fingerprint density at radius 2 is 1.83 bits per heavy atom. The van der Waals surface area contributed by atoms with Crippen LogP contribution in [0.4, 0.5) is 16.0 Å². The summed E-state index contributed by atoms with van der Waals surface area (Å²) in [7, 11) is 0. The van der Waals surface area contributed by atoms with Crippen LogP contribution in [0.2, 0.25) is 0 Å². The highest BCUT2D eigenvalue weighted by Crippen LogP contribution is 2.37. The van der Waals surface area contributed by atoms with Crippen molar-refractivity contribution >= 4 is 17.3 Å². The van der Waals surface area contributed by atoms with Gasteiger partial charge in [0, 0.05) is 31.7 Å². The molecule has 0 spiro atoms. The Bertz CT molecular complexity index is 879. The minimum absolute atomic E-state index is 0.245. The number of hydrogen-bond donors (Lipinski definition) is 0. The average Bonchev–Trinajstić information content (AvgIpc) is 3.29. The average molecular weight is 311 g/mol. The van der Waals surface area contributed by atoms with Crippen LogP contribution in [0.3, 0.4) is 0 Å². The molecule has 8 heteroatoms. The standard InChI is InChI=1S/C15H14FN7/c16-12-2-1-3-17-13(12)22-7-11-6-10(22)8-23(11)14-15-20-19-9-21(15)5-4-18-14/h1-5,9-11H,6-8H2. The van der Waals surface area contributed by atoms with Gasteiger partial charge in [-0.2, -0.15) is 0 Å². The fourth-order valence-corrected chi connectivity index (χ4v) is 3.72. The van der Waals surface area contributed by atoms with E-state index in [1.807, 2.05) is 10.6 Å². The van der Waals surface area contributed by atoms with Crippen LogP contribution in [-0.2, 0) is 0 Å². The predicted octanol–water partition coefficient (Wildman–Crippen LogP) is 1.13. The van der Waals surface area contributed by atoms with Gasteiger partial charge in [0.25, 0.3) is 0 Å². The van der Waals surface area contributed by atoms with Crippen molar-refractivity contribution in [3.8, 4) is 0 Å². The van der Waals surface area contributed by atoms with Gasteiger partial charge in [0.2, 0.25) is 5.65 Å². The van der Waals surface area contributed by atoms with Crippen molar-refractivity contribution in [1.29, 1.82) is 0 Å². The molecule has 3 aromatic rings. The Morgan fingerprint density at radius 3 is 2.61 bits per heavy atom. The summed E-state index contributed by atoms with van der Waals surface area (Å²) in [5, 5.41) is 8.11. The van der Waals surface area contributed by atoms with Crippen LogP contribution in [0.15, 0.2) is 37.1 Å². The quantitative estimate of drug-likeness (QED) is 0.707. The summed E-state index contributed by atoms with van der Waals surface area (Å²) >= 11 is 0. The topological polar surface area (TPSA) is 62.5 Å². The van der Waals surface area contributed by atoms with Gasteiger partial charge < -0.3 is 9.80 Å². The predicted molar refractivity (Wildman–Crippen MR) is 81.9 cm³/mol. The molecule has 3 aromatic heterocycles. The number of rotatable bonds is 2. The summed E-state index contributed by atoms with van der Waals surface area (Å²) in [5.41, 5.74) is 0.760. The molecule has 116 valence electrons. The fourth-order valence-electron chi connectivity index (χ4n) is 3.72. The molecule has 2 unspecified atom stereocenters. The third-order valence-electron chi connectivity index (χ3n) is 4.72. The van der Waals surface area contributed by atoms with E-state index < -0.39 is 0 Å². The highest BCUT2D eigenvalue weighted by molar-refractivity contribution is 5.66. The van der Waals surface area contributed by atoms with Crippen LogP contribution >= 0.6 is 0 Å². The van der Waals surface area contributed by atoms with Gasteiger partial charge in [-0.15, -0.1) is 10.2 Å². The lowest BCUT2D eigenvalue weighted by molar-refractivity contribution is 0.583. The van der Waals surface area contributed by atoms with Gasteiger partial charge in [-0.25, -0.2) is 14.4 Å². The first-order chi connectivity index (χ1) is 11.3. The number of anilines is 2. The summed E-state index contributed by atoms with van der Waals surface area (Å²) in [6.45, 7) is 1.54. The van der Waals surface area contributed by atoms with Crippen molar-refractivity contribution < 1.29 is 4.39 Å². The molecule has 2 aliphatic rings. The maximum atomic E-state index is 14.0. The van der Waals surface area contributed by atoms with Crippen LogP contribution in [0.25, 0.3) is 5.65 Å². The molecular weight excluding hydrogens is 297 g/mol. The van der Waals surface area contributed by atoms with E-state index >= 15 is 0 Å². The van der Waals surface area contributed by atoms with Crippen LogP contribution in [0.1, 0.15) is 6.42 Å². The maximum Gasteiger partial charge on any atom is 0.203 e. The molecule has 2 saturated heterocycles. The number of pyridine rings is 1. The Balaban J connectivity index is 1.47. The first kappa shape index (κ1) is 12.7. The number of halogens is 1. The molecule has 0 amide bonds. The molecule has 5 rings (SSSR count). The Morgan fingerprint density at radius 1 is 1.04 bits per heavy atom. The zero-order chi connectivity index (χ0) is 15.4. The molecule has 7 nitrogen and oxygen atoms in total. The molecule has 0 N–H and O–H groups in total. The summed E-state index contributed by atoms with van der Waals surface area (Å²) in [5.74, 6) is 1.04. The minimum atomic E-state index is -0.260. The highest BCUT2D eigenvalue weighted by atomic mass is 19.1. The summed E-state index contributed by atoms with van der Waals surface area (Å²) in [6.07, 6.45) is 7.88. The highest BCUT2D eigenvalue weighted by Gasteiger charge is 2.45. The maximum absolute atomic E-state index is 14.0. The number of hydrogen-bond acceptors (Lipinski definition) is 6. The van der Waals surface area contributed by atoms with Gasteiger partial charge >= 0.3 is 0 Å². The normalized spacial score (nSPS) is 23.2. The molecule has 0 aliphatic carbocycles. The number of piperazine rings is 1. The van der Waals surface area contributed by atoms with E-state index in [-0.39, 0.29) is 17.9 Å².